The summed E-state index contributed by atoms with van der Waals surface area (Å²) in [6.45, 7) is 0.899. The highest BCUT2D eigenvalue weighted by Crippen LogP contribution is 2.17. The predicted molar refractivity (Wildman–Crippen MR) is 113 cm³/mol. The second-order valence-electron chi connectivity index (χ2n) is 6.65. The van der Waals surface area contributed by atoms with E-state index in [-0.39, 0.29) is 5.91 Å². The molecule has 1 amide bonds. The quantitative estimate of drug-likeness (QED) is 0.491. The van der Waals surface area contributed by atoms with E-state index >= 15 is 0 Å². The molecule has 0 atom stereocenters. The number of imidazole rings is 1. The Labute approximate surface area is 173 Å². The molecule has 0 spiro atoms. The molecule has 0 aliphatic rings. The lowest BCUT2D eigenvalue weighted by molar-refractivity contribution is 0.0953. The third-order valence-electron chi connectivity index (χ3n) is 4.47. The van der Waals surface area contributed by atoms with Crippen LogP contribution in [-0.4, -0.2) is 21.8 Å². The van der Waals surface area contributed by atoms with Gasteiger partial charge in [-0.15, -0.1) is 0 Å². The minimum atomic E-state index is -0.137. The molecular formula is C23H20ClN3O2. The predicted octanol–water partition coefficient (Wildman–Crippen LogP) is 4.54. The lowest BCUT2D eigenvalue weighted by Crippen LogP contribution is -2.25. The molecule has 0 saturated carbocycles. The van der Waals surface area contributed by atoms with Gasteiger partial charge >= 0.3 is 0 Å². The van der Waals surface area contributed by atoms with Crippen molar-refractivity contribution in [3.63, 3.8) is 0 Å². The van der Waals surface area contributed by atoms with Crippen molar-refractivity contribution in [2.75, 3.05) is 6.54 Å². The zero-order valence-electron chi connectivity index (χ0n) is 15.7. The fourth-order valence-corrected chi connectivity index (χ4v) is 3.25. The molecule has 2 aromatic carbocycles. The molecule has 2 aromatic heterocycles. The average molecular weight is 406 g/mol. The van der Waals surface area contributed by atoms with E-state index in [4.69, 9.17) is 16.3 Å². The topological polar surface area (TPSA) is 55.6 Å². The number of aromatic nitrogens is 2. The van der Waals surface area contributed by atoms with Gasteiger partial charge in [-0.05, 0) is 48.0 Å². The maximum absolute atomic E-state index is 12.5. The molecule has 4 aromatic rings. The first kappa shape index (κ1) is 19.0. The van der Waals surface area contributed by atoms with Gasteiger partial charge in [0.05, 0.1) is 5.69 Å². The minimum absolute atomic E-state index is 0.137. The van der Waals surface area contributed by atoms with E-state index in [0.29, 0.717) is 35.9 Å². The Morgan fingerprint density at radius 3 is 2.83 bits per heavy atom. The molecule has 4 rings (SSSR count). The molecule has 29 heavy (non-hydrogen) atoms. The van der Waals surface area contributed by atoms with Gasteiger partial charge < -0.3 is 14.5 Å². The number of fused-ring (bicyclic) bond motifs is 1. The molecule has 1 N–H and O–H groups in total. The Bertz CT molecular complexity index is 1110. The monoisotopic (exact) mass is 405 g/mol. The summed E-state index contributed by atoms with van der Waals surface area (Å²) in [5.41, 5.74) is 3.37. The normalized spacial score (nSPS) is 10.8. The van der Waals surface area contributed by atoms with Crippen LogP contribution >= 0.6 is 11.6 Å². The van der Waals surface area contributed by atoms with E-state index < -0.39 is 0 Å². The molecule has 0 bridgehead atoms. The first-order valence-electron chi connectivity index (χ1n) is 9.35. The summed E-state index contributed by atoms with van der Waals surface area (Å²) in [5.74, 6) is 0.500. The second kappa shape index (κ2) is 8.80. The number of carbonyl (C=O) groups is 1. The molecule has 0 aliphatic carbocycles. The fraction of sp³-hybridized carbons (Fsp3) is 0.130. The van der Waals surface area contributed by atoms with Gasteiger partial charge in [-0.1, -0.05) is 35.9 Å². The van der Waals surface area contributed by atoms with Crippen molar-refractivity contribution in [3.8, 4) is 5.75 Å². The van der Waals surface area contributed by atoms with Gasteiger partial charge in [0.2, 0.25) is 0 Å². The molecule has 0 aliphatic heterocycles. The highest BCUT2D eigenvalue weighted by atomic mass is 35.5. The van der Waals surface area contributed by atoms with Crippen molar-refractivity contribution in [1.29, 1.82) is 0 Å². The number of benzene rings is 2. The smallest absolute Gasteiger partial charge is 0.251 e. The second-order valence-corrected chi connectivity index (χ2v) is 7.09. The Balaban J connectivity index is 1.32. The molecule has 0 saturated heterocycles. The van der Waals surface area contributed by atoms with E-state index in [1.165, 1.54) is 0 Å². The van der Waals surface area contributed by atoms with E-state index in [1.807, 2.05) is 71.4 Å². The summed E-state index contributed by atoms with van der Waals surface area (Å²) in [6.07, 6.45) is 4.60. The lowest BCUT2D eigenvalue weighted by atomic mass is 10.2. The molecule has 0 fully saturated rings. The van der Waals surface area contributed by atoms with Crippen LogP contribution in [0.3, 0.4) is 0 Å². The number of hydrogen-bond acceptors (Lipinski definition) is 3. The van der Waals surface area contributed by atoms with Gasteiger partial charge in [-0.2, -0.15) is 0 Å². The van der Waals surface area contributed by atoms with Crippen LogP contribution < -0.4 is 10.1 Å². The lowest BCUT2D eigenvalue weighted by Gasteiger charge is -2.09. The van der Waals surface area contributed by atoms with Crippen molar-refractivity contribution >= 4 is 23.2 Å². The highest BCUT2D eigenvalue weighted by Gasteiger charge is 2.08. The number of ether oxygens (including phenoxy) is 1. The van der Waals surface area contributed by atoms with Gasteiger partial charge in [0.25, 0.3) is 5.91 Å². The van der Waals surface area contributed by atoms with Crippen molar-refractivity contribution in [3.05, 3.63) is 101 Å². The zero-order chi connectivity index (χ0) is 20.1. The fourth-order valence-electron chi connectivity index (χ4n) is 3.03. The van der Waals surface area contributed by atoms with Gasteiger partial charge in [-0.25, -0.2) is 4.98 Å². The largest absolute Gasteiger partial charge is 0.489 e. The zero-order valence-corrected chi connectivity index (χ0v) is 16.5. The van der Waals surface area contributed by atoms with Crippen LogP contribution in [0.5, 0.6) is 5.75 Å². The Kier molecular flexibility index (Phi) is 5.77. The van der Waals surface area contributed by atoms with Crippen molar-refractivity contribution in [2.24, 2.45) is 0 Å². The summed E-state index contributed by atoms with van der Waals surface area (Å²) in [4.78, 5) is 17.0. The van der Waals surface area contributed by atoms with Crippen LogP contribution in [0.2, 0.25) is 5.02 Å². The van der Waals surface area contributed by atoms with E-state index in [0.717, 1.165) is 16.9 Å². The number of nitrogens with one attached hydrogen (secondary N) is 1. The molecule has 0 unspecified atom stereocenters. The number of halogens is 1. The Hall–Kier alpha value is -3.31. The van der Waals surface area contributed by atoms with Crippen molar-refractivity contribution in [2.45, 2.75) is 13.0 Å². The van der Waals surface area contributed by atoms with E-state index in [9.17, 15) is 4.79 Å². The van der Waals surface area contributed by atoms with Crippen molar-refractivity contribution < 1.29 is 9.53 Å². The minimum Gasteiger partial charge on any atom is -0.489 e. The number of carbonyl (C=O) groups excluding carboxylic acids is 1. The maximum Gasteiger partial charge on any atom is 0.251 e. The van der Waals surface area contributed by atoms with Gasteiger partial charge in [0, 0.05) is 35.9 Å². The summed E-state index contributed by atoms with van der Waals surface area (Å²) < 4.78 is 7.76. The Morgan fingerprint density at radius 2 is 1.97 bits per heavy atom. The van der Waals surface area contributed by atoms with Crippen molar-refractivity contribution in [1.82, 2.24) is 14.7 Å². The average Bonchev–Trinajstić information content (AvgIpc) is 3.15. The number of rotatable bonds is 7. The molecular weight excluding hydrogens is 386 g/mol. The first-order chi connectivity index (χ1) is 14.2. The van der Waals surface area contributed by atoms with E-state index in [1.54, 1.807) is 12.1 Å². The number of amides is 1. The molecule has 2 heterocycles. The van der Waals surface area contributed by atoms with Crippen LogP contribution in [0.1, 0.15) is 21.6 Å². The Morgan fingerprint density at radius 1 is 1.07 bits per heavy atom. The first-order valence-corrected chi connectivity index (χ1v) is 9.73. The number of nitrogens with zero attached hydrogens (tertiary/aromatic N) is 2. The molecule has 146 valence electrons. The molecule has 6 heteroatoms. The third kappa shape index (κ3) is 4.95. The number of pyridine rings is 1. The molecule has 0 radical (unpaired) electrons. The van der Waals surface area contributed by atoms with Crippen LogP contribution in [0.4, 0.5) is 0 Å². The van der Waals surface area contributed by atoms with Crippen LogP contribution in [-0.2, 0) is 13.0 Å². The van der Waals surface area contributed by atoms with Gasteiger partial charge in [-0.3, -0.25) is 4.79 Å². The SMILES string of the molecule is O=C(NCCc1cn2ccccc2n1)c1cccc(OCc2cccc(Cl)c2)c1. The standard InChI is InChI=1S/C23H20ClN3O2/c24-19-7-3-5-17(13-19)16-29-21-8-4-6-18(14-21)23(28)25-11-10-20-15-27-12-2-1-9-22(27)26-20/h1-9,12-15H,10-11,16H2,(H,25,28). The summed E-state index contributed by atoms with van der Waals surface area (Å²) in [6, 6.07) is 20.5. The summed E-state index contributed by atoms with van der Waals surface area (Å²) in [5, 5.41) is 3.61. The third-order valence-corrected chi connectivity index (χ3v) is 4.71. The highest BCUT2D eigenvalue weighted by molar-refractivity contribution is 6.30. The summed E-state index contributed by atoms with van der Waals surface area (Å²) in [7, 11) is 0. The van der Waals surface area contributed by atoms with Crippen LogP contribution in [0, 0.1) is 0 Å². The van der Waals surface area contributed by atoms with Gasteiger partial charge in [0.15, 0.2) is 0 Å². The van der Waals surface area contributed by atoms with Crippen LogP contribution in [0.15, 0.2) is 79.1 Å². The molecule has 5 nitrogen and oxygen atoms in total. The summed E-state index contributed by atoms with van der Waals surface area (Å²) >= 11 is 5.99. The van der Waals surface area contributed by atoms with Crippen LogP contribution in [0.25, 0.3) is 5.65 Å². The number of hydrogen-bond donors (Lipinski definition) is 1. The van der Waals surface area contributed by atoms with E-state index in [2.05, 4.69) is 10.3 Å². The van der Waals surface area contributed by atoms with Gasteiger partial charge in [0.1, 0.15) is 18.0 Å². The maximum atomic E-state index is 12.5.